The van der Waals surface area contributed by atoms with Crippen LogP contribution in [-0.2, 0) is 9.59 Å². The summed E-state index contributed by atoms with van der Waals surface area (Å²) in [4.78, 5) is 37.3. The molecule has 0 spiro atoms. The zero-order valence-corrected chi connectivity index (χ0v) is 15.1. The van der Waals surface area contributed by atoms with Crippen molar-refractivity contribution in [2.75, 3.05) is 24.0 Å². The molecule has 0 radical (unpaired) electrons. The molecule has 0 aliphatic carbocycles. The molecular weight excluding hydrogens is 348 g/mol. The highest BCUT2D eigenvalue weighted by Gasteiger charge is 2.34. The molecular formula is C19H18N4O4. The van der Waals surface area contributed by atoms with Crippen molar-refractivity contribution in [1.82, 2.24) is 5.43 Å². The SMILES string of the molecule is Cc1ccc(N2NC(=O)/C(=C/c3ccc(N(C)C)c([N+](=O)[O-])c3)C2=O)cc1. The monoisotopic (exact) mass is 366 g/mol. The average Bonchev–Trinajstić information content (AvgIpc) is 2.90. The number of hydrazine groups is 1. The Morgan fingerprint density at radius 2 is 1.78 bits per heavy atom. The van der Waals surface area contributed by atoms with Gasteiger partial charge >= 0.3 is 0 Å². The Balaban J connectivity index is 1.96. The minimum atomic E-state index is -0.556. The van der Waals surface area contributed by atoms with Gasteiger partial charge in [0.25, 0.3) is 17.5 Å². The van der Waals surface area contributed by atoms with Gasteiger partial charge in [-0.2, -0.15) is 0 Å². The van der Waals surface area contributed by atoms with E-state index in [2.05, 4.69) is 5.43 Å². The van der Waals surface area contributed by atoms with Gasteiger partial charge in [-0.1, -0.05) is 23.8 Å². The van der Waals surface area contributed by atoms with Crippen LogP contribution in [0.4, 0.5) is 17.1 Å². The molecule has 2 aromatic carbocycles. The predicted molar refractivity (Wildman–Crippen MR) is 102 cm³/mol. The lowest BCUT2D eigenvalue weighted by atomic mass is 10.1. The minimum absolute atomic E-state index is 0.0810. The molecule has 2 aromatic rings. The normalized spacial score (nSPS) is 15.2. The van der Waals surface area contributed by atoms with Crippen LogP contribution in [-0.4, -0.2) is 30.8 Å². The molecule has 1 heterocycles. The number of hydrogen-bond donors (Lipinski definition) is 1. The number of nitro benzene ring substituents is 1. The maximum absolute atomic E-state index is 12.6. The molecule has 3 rings (SSSR count). The van der Waals surface area contributed by atoms with Crippen molar-refractivity contribution in [3.8, 4) is 0 Å². The molecule has 0 bridgehead atoms. The molecule has 27 heavy (non-hydrogen) atoms. The summed E-state index contributed by atoms with van der Waals surface area (Å²) in [6, 6.07) is 11.7. The second-order valence-corrected chi connectivity index (χ2v) is 6.37. The quantitative estimate of drug-likeness (QED) is 0.388. The number of rotatable bonds is 4. The molecule has 2 amide bonds. The lowest BCUT2D eigenvalue weighted by molar-refractivity contribution is -0.384. The number of aryl methyl sites for hydroxylation is 1. The Kier molecular flexibility index (Phi) is 4.64. The highest BCUT2D eigenvalue weighted by Crippen LogP contribution is 2.29. The number of carbonyl (C=O) groups is 2. The van der Waals surface area contributed by atoms with E-state index >= 15 is 0 Å². The van der Waals surface area contributed by atoms with Crippen LogP contribution in [0.25, 0.3) is 6.08 Å². The van der Waals surface area contributed by atoms with Crippen LogP contribution in [0.2, 0.25) is 0 Å². The minimum Gasteiger partial charge on any atom is -0.372 e. The van der Waals surface area contributed by atoms with Gasteiger partial charge in [0.1, 0.15) is 11.3 Å². The van der Waals surface area contributed by atoms with Crippen molar-refractivity contribution >= 4 is 35.0 Å². The molecule has 138 valence electrons. The van der Waals surface area contributed by atoms with E-state index in [-0.39, 0.29) is 11.3 Å². The number of benzene rings is 2. The van der Waals surface area contributed by atoms with E-state index in [4.69, 9.17) is 0 Å². The summed E-state index contributed by atoms with van der Waals surface area (Å²) < 4.78 is 0. The average molecular weight is 366 g/mol. The molecule has 0 saturated carbocycles. The van der Waals surface area contributed by atoms with Crippen LogP contribution in [0.1, 0.15) is 11.1 Å². The molecule has 8 nitrogen and oxygen atoms in total. The fraction of sp³-hybridized carbons (Fsp3) is 0.158. The van der Waals surface area contributed by atoms with Gasteiger partial charge in [0.2, 0.25) is 0 Å². The lowest BCUT2D eigenvalue weighted by Crippen LogP contribution is -2.35. The smallest absolute Gasteiger partial charge is 0.293 e. The molecule has 0 unspecified atom stereocenters. The summed E-state index contributed by atoms with van der Waals surface area (Å²) in [5, 5.41) is 12.5. The third-order valence-corrected chi connectivity index (χ3v) is 4.17. The molecule has 1 aliphatic heterocycles. The van der Waals surface area contributed by atoms with E-state index in [0.717, 1.165) is 10.6 Å². The fourth-order valence-electron chi connectivity index (χ4n) is 2.75. The summed E-state index contributed by atoms with van der Waals surface area (Å²) in [7, 11) is 3.40. The van der Waals surface area contributed by atoms with Gasteiger partial charge in [-0.15, -0.1) is 0 Å². The lowest BCUT2D eigenvalue weighted by Gasteiger charge is -2.14. The number of anilines is 2. The summed E-state index contributed by atoms with van der Waals surface area (Å²) in [6.45, 7) is 1.92. The Hall–Kier alpha value is -3.68. The van der Waals surface area contributed by atoms with E-state index in [1.165, 1.54) is 12.1 Å². The van der Waals surface area contributed by atoms with Gasteiger partial charge in [0, 0.05) is 20.2 Å². The maximum Gasteiger partial charge on any atom is 0.293 e. The fourth-order valence-corrected chi connectivity index (χ4v) is 2.75. The Labute approximate surface area is 155 Å². The van der Waals surface area contributed by atoms with Crippen LogP contribution in [0.3, 0.4) is 0 Å². The van der Waals surface area contributed by atoms with E-state index in [1.54, 1.807) is 43.3 Å². The molecule has 0 aromatic heterocycles. The molecule has 1 aliphatic rings. The standard InChI is InChI=1S/C19H18N4O4/c1-12-4-7-14(8-5-12)22-19(25)15(18(24)20-22)10-13-6-9-16(21(2)3)17(11-13)23(26)27/h4-11H,1-3H3,(H,20,24)/b15-10-. The van der Waals surface area contributed by atoms with Gasteiger partial charge in [-0.05, 0) is 36.8 Å². The Morgan fingerprint density at radius 3 is 2.37 bits per heavy atom. The first-order valence-electron chi connectivity index (χ1n) is 8.17. The van der Waals surface area contributed by atoms with Gasteiger partial charge < -0.3 is 4.90 Å². The van der Waals surface area contributed by atoms with Crippen molar-refractivity contribution in [3.05, 3.63) is 69.3 Å². The third-order valence-electron chi connectivity index (χ3n) is 4.17. The number of amides is 2. The second-order valence-electron chi connectivity index (χ2n) is 6.37. The largest absolute Gasteiger partial charge is 0.372 e. The summed E-state index contributed by atoms with van der Waals surface area (Å²) in [5.41, 5.74) is 4.73. The first kappa shape index (κ1) is 18.1. The summed E-state index contributed by atoms with van der Waals surface area (Å²) >= 11 is 0. The van der Waals surface area contributed by atoms with Crippen molar-refractivity contribution < 1.29 is 14.5 Å². The first-order chi connectivity index (χ1) is 12.8. The molecule has 0 atom stereocenters. The molecule has 1 fully saturated rings. The first-order valence-corrected chi connectivity index (χ1v) is 8.17. The molecule has 8 heteroatoms. The van der Waals surface area contributed by atoms with Crippen molar-refractivity contribution in [2.45, 2.75) is 6.92 Å². The van der Waals surface area contributed by atoms with E-state index in [0.29, 0.717) is 16.9 Å². The number of hydrogen-bond acceptors (Lipinski definition) is 5. The van der Waals surface area contributed by atoms with Crippen molar-refractivity contribution in [2.24, 2.45) is 0 Å². The van der Waals surface area contributed by atoms with Crippen molar-refractivity contribution in [1.29, 1.82) is 0 Å². The van der Waals surface area contributed by atoms with E-state index in [9.17, 15) is 19.7 Å². The van der Waals surface area contributed by atoms with Crippen LogP contribution in [0.15, 0.2) is 48.0 Å². The van der Waals surface area contributed by atoms with Gasteiger partial charge in [0.15, 0.2) is 0 Å². The van der Waals surface area contributed by atoms with Crippen LogP contribution >= 0.6 is 0 Å². The molecule has 1 saturated heterocycles. The predicted octanol–water partition coefficient (Wildman–Crippen LogP) is 2.43. The number of nitrogens with zero attached hydrogens (tertiary/aromatic N) is 3. The van der Waals surface area contributed by atoms with Gasteiger partial charge in [-0.3, -0.25) is 25.1 Å². The Morgan fingerprint density at radius 1 is 1.11 bits per heavy atom. The highest BCUT2D eigenvalue weighted by atomic mass is 16.6. The number of nitrogens with one attached hydrogen (secondary N) is 1. The van der Waals surface area contributed by atoms with E-state index < -0.39 is 16.7 Å². The zero-order chi connectivity index (χ0) is 19.7. The third kappa shape index (κ3) is 3.50. The number of nitro groups is 1. The van der Waals surface area contributed by atoms with Gasteiger partial charge in [0.05, 0.1) is 10.6 Å². The number of carbonyl (C=O) groups excluding carboxylic acids is 2. The van der Waals surface area contributed by atoms with Gasteiger partial charge in [-0.25, -0.2) is 5.01 Å². The van der Waals surface area contributed by atoms with Crippen molar-refractivity contribution in [3.63, 3.8) is 0 Å². The molecule has 1 N–H and O–H groups in total. The van der Waals surface area contributed by atoms with Crippen LogP contribution < -0.4 is 15.3 Å². The van der Waals surface area contributed by atoms with Crippen LogP contribution in [0, 0.1) is 17.0 Å². The van der Waals surface area contributed by atoms with Crippen LogP contribution in [0.5, 0.6) is 0 Å². The van der Waals surface area contributed by atoms with E-state index in [1.807, 2.05) is 19.1 Å². The maximum atomic E-state index is 12.6. The Bertz CT molecular complexity index is 964. The second kappa shape index (κ2) is 6.91. The topological polar surface area (TPSA) is 95.8 Å². The summed E-state index contributed by atoms with van der Waals surface area (Å²) in [6.07, 6.45) is 1.36. The summed E-state index contributed by atoms with van der Waals surface area (Å²) in [5.74, 6) is -1.07. The zero-order valence-electron chi connectivity index (χ0n) is 15.1. The highest BCUT2D eigenvalue weighted by molar-refractivity contribution is 6.31.